The largest absolute Gasteiger partial charge is 0.487 e. The molecular formula is C12H21NO2S. The Bertz CT molecular complexity index is 314. The Morgan fingerprint density at radius 2 is 2.25 bits per heavy atom. The molecule has 0 aromatic carbocycles. The molecule has 0 saturated carbocycles. The number of nitrogens with one attached hydrogen (secondary N) is 1. The smallest absolute Gasteiger partial charge is 0.173 e. The molecule has 0 aliphatic heterocycles. The van der Waals surface area contributed by atoms with Crippen molar-refractivity contribution in [3.05, 3.63) is 17.0 Å². The predicted molar refractivity (Wildman–Crippen MR) is 68.1 cm³/mol. The molecule has 0 saturated heterocycles. The Labute approximate surface area is 101 Å². The van der Waals surface area contributed by atoms with Gasteiger partial charge in [0.25, 0.3) is 0 Å². The summed E-state index contributed by atoms with van der Waals surface area (Å²) >= 11 is 1.64. The number of ether oxygens (including phenoxy) is 1. The molecule has 1 atom stereocenters. The summed E-state index contributed by atoms with van der Waals surface area (Å²) in [6.45, 7) is 5.14. The topological polar surface area (TPSA) is 41.5 Å². The molecule has 1 aromatic heterocycles. The number of aliphatic hydroxyl groups is 1. The van der Waals surface area contributed by atoms with Gasteiger partial charge in [0.05, 0.1) is 13.7 Å². The molecule has 2 N–H and O–H groups in total. The van der Waals surface area contributed by atoms with E-state index >= 15 is 0 Å². The van der Waals surface area contributed by atoms with E-state index in [1.54, 1.807) is 18.4 Å². The zero-order valence-electron chi connectivity index (χ0n) is 10.2. The first-order valence-electron chi connectivity index (χ1n) is 5.62. The number of thiophene rings is 1. The lowest BCUT2D eigenvalue weighted by molar-refractivity contribution is 0.163. The molecule has 3 nitrogen and oxygen atoms in total. The van der Waals surface area contributed by atoms with Crippen LogP contribution in [0.15, 0.2) is 12.1 Å². The highest BCUT2D eigenvalue weighted by Gasteiger charge is 2.21. The van der Waals surface area contributed by atoms with Crippen LogP contribution >= 0.6 is 11.3 Å². The second-order valence-electron chi connectivity index (χ2n) is 4.25. The van der Waals surface area contributed by atoms with Crippen LogP contribution in [0.5, 0.6) is 5.06 Å². The van der Waals surface area contributed by atoms with Crippen LogP contribution in [0.25, 0.3) is 0 Å². The van der Waals surface area contributed by atoms with E-state index in [0.29, 0.717) is 0 Å². The van der Waals surface area contributed by atoms with Crippen molar-refractivity contribution in [2.75, 3.05) is 13.7 Å². The molecule has 0 amide bonds. The third-order valence-electron chi connectivity index (χ3n) is 2.68. The maximum Gasteiger partial charge on any atom is 0.173 e. The van der Waals surface area contributed by atoms with Crippen molar-refractivity contribution in [1.29, 1.82) is 0 Å². The van der Waals surface area contributed by atoms with E-state index in [4.69, 9.17) is 4.74 Å². The SMILES string of the molecule is CCCC(C)(CO)NCc1ccc(OC)s1. The van der Waals surface area contributed by atoms with E-state index < -0.39 is 0 Å². The minimum absolute atomic E-state index is 0.170. The molecule has 1 rings (SSSR count). The highest BCUT2D eigenvalue weighted by molar-refractivity contribution is 7.13. The van der Waals surface area contributed by atoms with E-state index in [1.165, 1.54) is 4.88 Å². The number of hydrogen-bond donors (Lipinski definition) is 2. The van der Waals surface area contributed by atoms with E-state index in [2.05, 4.69) is 25.2 Å². The lowest BCUT2D eigenvalue weighted by atomic mass is 9.97. The van der Waals surface area contributed by atoms with Crippen LogP contribution in [-0.4, -0.2) is 24.4 Å². The van der Waals surface area contributed by atoms with E-state index in [9.17, 15) is 5.11 Å². The molecular weight excluding hydrogens is 222 g/mol. The van der Waals surface area contributed by atoms with Crippen LogP contribution in [0, 0.1) is 0 Å². The van der Waals surface area contributed by atoms with Crippen LogP contribution in [0.4, 0.5) is 0 Å². The van der Waals surface area contributed by atoms with Crippen LogP contribution in [-0.2, 0) is 6.54 Å². The number of methoxy groups -OCH3 is 1. The average Bonchev–Trinajstić information content (AvgIpc) is 2.75. The zero-order valence-corrected chi connectivity index (χ0v) is 11.1. The molecule has 0 radical (unpaired) electrons. The van der Waals surface area contributed by atoms with Crippen molar-refractivity contribution in [2.24, 2.45) is 0 Å². The second-order valence-corrected chi connectivity index (χ2v) is 5.38. The summed E-state index contributed by atoms with van der Waals surface area (Å²) in [6, 6.07) is 4.03. The normalized spacial score (nSPS) is 14.8. The van der Waals surface area contributed by atoms with Crippen molar-refractivity contribution >= 4 is 11.3 Å². The maximum atomic E-state index is 9.36. The Balaban J connectivity index is 2.48. The lowest BCUT2D eigenvalue weighted by Crippen LogP contribution is -2.44. The molecule has 0 fully saturated rings. The highest BCUT2D eigenvalue weighted by atomic mass is 32.1. The molecule has 1 aromatic rings. The zero-order chi connectivity index (χ0) is 12.0. The fraction of sp³-hybridized carbons (Fsp3) is 0.667. The van der Waals surface area contributed by atoms with Gasteiger partial charge in [0.1, 0.15) is 0 Å². The van der Waals surface area contributed by atoms with Gasteiger partial charge >= 0.3 is 0 Å². The first-order chi connectivity index (χ1) is 7.63. The van der Waals surface area contributed by atoms with E-state index in [1.807, 2.05) is 6.07 Å². The van der Waals surface area contributed by atoms with Crippen molar-refractivity contribution in [2.45, 2.75) is 38.8 Å². The van der Waals surface area contributed by atoms with Gasteiger partial charge in [0, 0.05) is 17.0 Å². The third-order valence-corrected chi connectivity index (χ3v) is 3.72. The number of rotatable bonds is 7. The molecule has 0 spiro atoms. The van der Waals surface area contributed by atoms with Gasteiger partial charge in [-0.1, -0.05) is 13.3 Å². The number of aliphatic hydroxyl groups excluding tert-OH is 1. The minimum atomic E-state index is -0.175. The van der Waals surface area contributed by atoms with Gasteiger partial charge in [-0.15, -0.1) is 11.3 Å². The molecule has 4 heteroatoms. The monoisotopic (exact) mass is 243 g/mol. The average molecular weight is 243 g/mol. The van der Waals surface area contributed by atoms with Gasteiger partial charge < -0.3 is 15.2 Å². The molecule has 92 valence electrons. The summed E-state index contributed by atoms with van der Waals surface area (Å²) < 4.78 is 5.14. The van der Waals surface area contributed by atoms with Gasteiger partial charge in [-0.05, 0) is 25.5 Å². The van der Waals surface area contributed by atoms with Crippen LogP contribution in [0.1, 0.15) is 31.6 Å². The van der Waals surface area contributed by atoms with Gasteiger partial charge in [-0.2, -0.15) is 0 Å². The molecule has 16 heavy (non-hydrogen) atoms. The summed E-state index contributed by atoms with van der Waals surface area (Å²) in [7, 11) is 1.68. The van der Waals surface area contributed by atoms with Crippen LogP contribution < -0.4 is 10.1 Å². The van der Waals surface area contributed by atoms with Gasteiger partial charge in [-0.25, -0.2) is 0 Å². The Kier molecular flexibility index (Phi) is 5.25. The Morgan fingerprint density at radius 1 is 1.50 bits per heavy atom. The van der Waals surface area contributed by atoms with Crippen molar-refractivity contribution in [3.8, 4) is 5.06 Å². The highest BCUT2D eigenvalue weighted by Crippen LogP contribution is 2.24. The standard InChI is InChI=1S/C12H21NO2S/c1-4-7-12(2,9-14)13-8-10-5-6-11(15-3)16-10/h5-6,13-14H,4,7-9H2,1-3H3. The molecule has 0 aliphatic carbocycles. The van der Waals surface area contributed by atoms with Gasteiger partial charge in [0.15, 0.2) is 5.06 Å². The van der Waals surface area contributed by atoms with Crippen molar-refractivity contribution < 1.29 is 9.84 Å². The minimum Gasteiger partial charge on any atom is -0.487 e. The first-order valence-corrected chi connectivity index (χ1v) is 6.44. The van der Waals surface area contributed by atoms with Gasteiger partial charge in [0.2, 0.25) is 0 Å². The van der Waals surface area contributed by atoms with Crippen molar-refractivity contribution in [1.82, 2.24) is 5.32 Å². The molecule has 0 aliphatic rings. The van der Waals surface area contributed by atoms with Crippen LogP contribution in [0.3, 0.4) is 0 Å². The summed E-state index contributed by atoms with van der Waals surface area (Å²) in [5, 5.41) is 13.7. The summed E-state index contributed by atoms with van der Waals surface area (Å²) in [6.07, 6.45) is 2.05. The third kappa shape index (κ3) is 3.77. The summed E-state index contributed by atoms with van der Waals surface area (Å²) in [5.41, 5.74) is -0.175. The molecule has 1 unspecified atom stereocenters. The Morgan fingerprint density at radius 3 is 2.75 bits per heavy atom. The first kappa shape index (κ1) is 13.5. The summed E-state index contributed by atoms with van der Waals surface area (Å²) in [4.78, 5) is 1.23. The summed E-state index contributed by atoms with van der Waals surface area (Å²) in [5.74, 6) is 0. The number of hydrogen-bond acceptors (Lipinski definition) is 4. The lowest BCUT2D eigenvalue weighted by Gasteiger charge is -2.28. The van der Waals surface area contributed by atoms with E-state index in [-0.39, 0.29) is 12.1 Å². The predicted octanol–water partition coefficient (Wildman–Crippen LogP) is 2.40. The maximum absolute atomic E-state index is 9.36. The Hall–Kier alpha value is -0.580. The fourth-order valence-corrected chi connectivity index (χ4v) is 2.40. The van der Waals surface area contributed by atoms with Crippen LogP contribution in [0.2, 0.25) is 0 Å². The van der Waals surface area contributed by atoms with Gasteiger partial charge in [-0.3, -0.25) is 0 Å². The van der Waals surface area contributed by atoms with E-state index in [0.717, 1.165) is 24.4 Å². The van der Waals surface area contributed by atoms with Crippen molar-refractivity contribution in [3.63, 3.8) is 0 Å². The second kappa shape index (κ2) is 6.23. The molecule has 1 heterocycles. The quantitative estimate of drug-likeness (QED) is 0.772. The molecule has 0 bridgehead atoms. The fourth-order valence-electron chi connectivity index (χ4n) is 1.64.